The number of aromatic nitrogens is 6. The van der Waals surface area contributed by atoms with E-state index in [0.717, 1.165) is 0 Å². The average Bonchev–Trinajstić information content (AvgIpc) is 3.02. The number of hydrogen-bond donors (Lipinski definition) is 0. The Morgan fingerprint density at radius 2 is 0.833 bits per heavy atom. The van der Waals surface area contributed by atoms with Crippen molar-refractivity contribution in [1.82, 2.24) is 29.9 Å². The molecule has 0 spiro atoms. The molecule has 0 N–H and O–H groups in total. The third kappa shape index (κ3) is 7.35. The van der Waals surface area contributed by atoms with Gasteiger partial charge in [0.05, 0.1) is 84.5 Å². The van der Waals surface area contributed by atoms with Crippen LogP contribution < -0.4 is 0 Å². The van der Waals surface area contributed by atoms with Crippen molar-refractivity contribution in [3.8, 4) is 41.0 Å². The lowest BCUT2D eigenvalue weighted by Crippen LogP contribution is -2.05. The number of hydrogen-bond acceptors (Lipinski definition) is 9. The topological polar surface area (TPSA) is 162 Å². The molecule has 0 saturated heterocycles. The Morgan fingerprint density at radius 3 is 1.26 bits per heavy atom. The fourth-order valence-electron chi connectivity index (χ4n) is 3.29. The first-order valence-electron chi connectivity index (χ1n) is 11.5. The summed E-state index contributed by atoms with van der Waals surface area (Å²) >= 11 is 0. The van der Waals surface area contributed by atoms with E-state index < -0.39 is 0 Å². The highest BCUT2D eigenvalue weighted by molar-refractivity contribution is 5.79. The Bertz CT molecular complexity index is 1810. The SMILES string of the molecule is [C-]#[N+]/C=C/c1ncc(-c2nc(/C=C/[N+]#[C-])c(/C=C/C#N)nc2-c2cnc(/C=C/C#N)c(/C=C/C#N)n2)nc1/C=C/[N+]#[C-]. The summed E-state index contributed by atoms with van der Waals surface area (Å²) in [5, 5.41) is 27.1. The van der Waals surface area contributed by atoms with E-state index in [0.29, 0.717) is 11.4 Å². The predicted octanol–water partition coefficient (Wildman–Crippen LogP) is 5.67. The van der Waals surface area contributed by atoms with Crippen molar-refractivity contribution in [1.29, 1.82) is 15.8 Å². The summed E-state index contributed by atoms with van der Waals surface area (Å²) in [6.07, 6.45) is 18.6. The number of nitriles is 3. The van der Waals surface area contributed by atoms with Gasteiger partial charge in [-0.1, -0.05) is 0 Å². The highest BCUT2D eigenvalue weighted by atomic mass is 14.9. The van der Waals surface area contributed by atoms with Crippen LogP contribution in [0.5, 0.6) is 0 Å². The third-order valence-corrected chi connectivity index (χ3v) is 4.96. The minimum atomic E-state index is 0.182. The van der Waals surface area contributed by atoms with Crippen LogP contribution in [0.15, 0.2) is 49.2 Å². The van der Waals surface area contributed by atoms with Gasteiger partial charge in [0.1, 0.15) is 22.8 Å². The first-order valence-corrected chi connectivity index (χ1v) is 11.5. The molecule has 0 aliphatic carbocycles. The number of rotatable bonds is 8. The van der Waals surface area contributed by atoms with Gasteiger partial charge in [-0.15, -0.1) is 0 Å². The van der Waals surface area contributed by atoms with E-state index in [1.807, 2.05) is 18.2 Å². The molecule has 12 heteroatoms. The summed E-state index contributed by atoms with van der Waals surface area (Å²) in [5.74, 6) is 0. The lowest BCUT2D eigenvalue weighted by atomic mass is 10.1. The summed E-state index contributed by atoms with van der Waals surface area (Å²) in [4.78, 5) is 37.0. The monoisotopic (exact) mass is 542 g/mol. The molecule has 0 atom stereocenters. The molecule has 42 heavy (non-hydrogen) atoms. The van der Waals surface area contributed by atoms with Gasteiger partial charge in [0.2, 0.25) is 0 Å². The maximum atomic E-state index is 9.12. The van der Waals surface area contributed by atoms with Crippen molar-refractivity contribution in [2.75, 3.05) is 0 Å². The molecule has 194 valence electrons. The Hall–Kier alpha value is -7.38. The van der Waals surface area contributed by atoms with Crippen LogP contribution >= 0.6 is 0 Å². The van der Waals surface area contributed by atoms with Crippen LogP contribution in [0.3, 0.4) is 0 Å². The Morgan fingerprint density at radius 1 is 0.500 bits per heavy atom. The Balaban J connectivity index is 2.43. The van der Waals surface area contributed by atoms with E-state index in [2.05, 4.69) is 44.4 Å². The molecule has 0 aliphatic heterocycles. The van der Waals surface area contributed by atoms with E-state index in [1.165, 1.54) is 85.7 Å². The Kier molecular flexibility index (Phi) is 10.5. The van der Waals surface area contributed by atoms with Crippen LogP contribution in [-0.2, 0) is 0 Å². The quantitative estimate of drug-likeness (QED) is 0.258. The maximum Gasteiger partial charge on any atom is 0.156 e. The van der Waals surface area contributed by atoms with E-state index in [1.54, 1.807) is 0 Å². The van der Waals surface area contributed by atoms with Gasteiger partial charge in [-0.05, 0) is 36.5 Å². The zero-order chi connectivity index (χ0) is 30.2. The molecule has 3 aromatic rings. The highest BCUT2D eigenvalue weighted by Gasteiger charge is 2.19. The first-order chi connectivity index (χ1) is 20.6. The predicted molar refractivity (Wildman–Crippen MR) is 155 cm³/mol. The van der Waals surface area contributed by atoms with Gasteiger partial charge in [0.25, 0.3) is 0 Å². The zero-order valence-corrected chi connectivity index (χ0v) is 21.4. The molecule has 0 amide bonds. The lowest BCUT2D eigenvalue weighted by Gasteiger charge is -2.13. The van der Waals surface area contributed by atoms with Crippen LogP contribution in [0.4, 0.5) is 0 Å². The molecule has 0 aliphatic rings. The average molecular weight is 543 g/mol. The standard InChI is InChI=1S/C30H14N12/c1-34-16-10-22-25(11-17-35-2)40-28(20-38-22)30-29(41-24(9-6-15-33)26(42-30)12-18-36-3)27-19-37-21(7-4-13-31)23(39-27)8-5-14-32/h4-12,16-20H/b7-4+,8-5+,9-6+,16-10+,17-11+,18-12+. The molecular weight excluding hydrogens is 528 g/mol. The zero-order valence-electron chi connectivity index (χ0n) is 21.4. The van der Waals surface area contributed by atoms with Gasteiger partial charge < -0.3 is 0 Å². The first kappa shape index (κ1) is 29.2. The van der Waals surface area contributed by atoms with Crippen LogP contribution in [0, 0.1) is 53.7 Å². The summed E-state index contributed by atoms with van der Waals surface area (Å²) in [6, 6.07) is 5.67. The van der Waals surface area contributed by atoms with E-state index >= 15 is 0 Å². The van der Waals surface area contributed by atoms with Gasteiger partial charge in [-0.2, -0.15) is 15.8 Å². The largest absolute Gasteiger partial charge is 0.254 e. The van der Waals surface area contributed by atoms with Crippen molar-refractivity contribution < 1.29 is 0 Å². The smallest absolute Gasteiger partial charge is 0.156 e. The minimum Gasteiger partial charge on any atom is -0.254 e. The van der Waals surface area contributed by atoms with Crippen molar-refractivity contribution in [3.63, 3.8) is 0 Å². The van der Waals surface area contributed by atoms with Crippen LogP contribution in [0.1, 0.15) is 34.2 Å². The summed E-state index contributed by atoms with van der Waals surface area (Å²) < 4.78 is 0. The molecule has 3 heterocycles. The molecule has 0 unspecified atom stereocenters. The van der Waals surface area contributed by atoms with Gasteiger partial charge >= 0.3 is 0 Å². The van der Waals surface area contributed by atoms with E-state index in [9.17, 15) is 0 Å². The molecular formula is C30H14N12. The van der Waals surface area contributed by atoms with Gasteiger partial charge in [0.15, 0.2) is 18.6 Å². The fraction of sp³-hybridized carbons (Fsp3) is 0. The normalized spacial score (nSPS) is 11.1. The summed E-state index contributed by atoms with van der Waals surface area (Å²) in [6.45, 7) is 21.3. The van der Waals surface area contributed by atoms with Crippen molar-refractivity contribution in [2.45, 2.75) is 0 Å². The van der Waals surface area contributed by atoms with Crippen LogP contribution in [-0.4, -0.2) is 29.9 Å². The maximum absolute atomic E-state index is 9.12. The number of allylic oxidation sites excluding steroid dienone is 3. The fourth-order valence-corrected chi connectivity index (χ4v) is 3.29. The molecule has 0 aromatic carbocycles. The van der Waals surface area contributed by atoms with Crippen molar-refractivity contribution in [3.05, 3.63) is 118 Å². The van der Waals surface area contributed by atoms with E-state index in [-0.39, 0.29) is 45.6 Å². The summed E-state index contributed by atoms with van der Waals surface area (Å²) in [5.41, 5.74) is 2.51. The molecule has 0 radical (unpaired) electrons. The third-order valence-electron chi connectivity index (χ3n) is 4.96. The second kappa shape index (κ2) is 15.1. The second-order valence-electron chi connectivity index (χ2n) is 7.46. The van der Waals surface area contributed by atoms with Crippen molar-refractivity contribution in [2.24, 2.45) is 0 Å². The van der Waals surface area contributed by atoms with Crippen LogP contribution in [0.25, 0.3) is 73.8 Å². The molecule has 3 aromatic heterocycles. The molecule has 0 fully saturated rings. The molecule has 12 nitrogen and oxygen atoms in total. The van der Waals surface area contributed by atoms with Crippen LogP contribution in [0.2, 0.25) is 0 Å². The Labute approximate surface area is 240 Å². The molecule has 3 rings (SSSR count). The van der Waals surface area contributed by atoms with Crippen molar-refractivity contribution >= 4 is 36.5 Å². The minimum absolute atomic E-state index is 0.182. The number of nitrogens with zero attached hydrogens (tertiary/aromatic N) is 12. The van der Waals surface area contributed by atoms with E-state index in [4.69, 9.17) is 35.5 Å². The molecule has 0 saturated carbocycles. The van der Waals surface area contributed by atoms with Gasteiger partial charge in [-0.25, -0.2) is 34.5 Å². The van der Waals surface area contributed by atoms with Gasteiger partial charge in [0, 0.05) is 18.2 Å². The molecule has 0 bridgehead atoms. The second-order valence-corrected chi connectivity index (χ2v) is 7.46. The van der Waals surface area contributed by atoms with Gasteiger partial charge in [-0.3, -0.25) is 9.97 Å². The highest BCUT2D eigenvalue weighted by Crippen LogP contribution is 2.30. The summed E-state index contributed by atoms with van der Waals surface area (Å²) in [7, 11) is 0. The lowest BCUT2D eigenvalue weighted by molar-refractivity contribution is 1.08.